The van der Waals surface area contributed by atoms with Crippen LogP contribution in [0, 0.1) is 5.82 Å². The second-order valence-corrected chi connectivity index (χ2v) is 5.33. The largest absolute Gasteiger partial charge is 0.324 e. The number of halogens is 1. The zero-order valence-electron chi connectivity index (χ0n) is 12.9. The zero-order chi connectivity index (χ0) is 17.2. The second kappa shape index (κ2) is 6.12. The Morgan fingerprint density at radius 2 is 1.84 bits per heavy atom. The molecule has 6 nitrogen and oxygen atoms in total. The molecule has 122 valence electrons. The maximum absolute atomic E-state index is 13.6. The minimum atomic E-state index is -0.481. The lowest BCUT2D eigenvalue weighted by molar-refractivity contribution is 0.629. The van der Waals surface area contributed by atoms with Crippen molar-refractivity contribution in [2.75, 3.05) is 5.32 Å². The molecule has 0 saturated heterocycles. The summed E-state index contributed by atoms with van der Waals surface area (Å²) >= 11 is 0. The SMILES string of the molecule is O=c1c2cc(F)ccc2nc(Nc2ccnnc2)n1-c1ccccc1. The minimum absolute atomic E-state index is 0.210. The van der Waals surface area contributed by atoms with Crippen LogP contribution < -0.4 is 10.9 Å². The van der Waals surface area contributed by atoms with E-state index in [2.05, 4.69) is 20.5 Å². The fourth-order valence-electron chi connectivity index (χ4n) is 2.55. The Bertz CT molecular complexity index is 1100. The van der Waals surface area contributed by atoms with Crippen LogP contribution in [-0.4, -0.2) is 19.7 Å². The van der Waals surface area contributed by atoms with Crippen molar-refractivity contribution >= 4 is 22.5 Å². The van der Waals surface area contributed by atoms with Crippen molar-refractivity contribution in [1.82, 2.24) is 19.7 Å². The van der Waals surface area contributed by atoms with Crippen molar-refractivity contribution in [3.8, 4) is 5.69 Å². The van der Waals surface area contributed by atoms with E-state index in [1.54, 1.807) is 18.2 Å². The first kappa shape index (κ1) is 14.9. The van der Waals surface area contributed by atoms with Gasteiger partial charge in [-0.05, 0) is 36.4 Å². The highest BCUT2D eigenvalue weighted by molar-refractivity contribution is 5.80. The van der Waals surface area contributed by atoms with E-state index < -0.39 is 5.82 Å². The summed E-state index contributed by atoms with van der Waals surface area (Å²) in [6.45, 7) is 0. The van der Waals surface area contributed by atoms with Gasteiger partial charge in [0, 0.05) is 0 Å². The summed E-state index contributed by atoms with van der Waals surface area (Å²) in [6, 6.07) is 14.7. The predicted molar refractivity (Wildman–Crippen MR) is 92.6 cm³/mol. The molecular formula is C18H12FN5O. The first-order valence-electron chi connectivity index (χ1n) is 7.54. The molecule has 2 aromatic heterocycles. The minimum Gasteiger partial charge on any atom is -0.324 e. The highest BCUT2D eigenvalue weighted by Gasteiger charge is 2.13. The van der Waals surface area contributed by atoms with Gasteiger partial charge in [0.15, 0.2) is 0 Å². The van der Waals surface area contributed by atoms with Crippen LogP contribution in [0.5, 0.6) is 0 Å². The van der Waals surface area contributed by atoms with E-state index >= 15 is 0 Å². The van der Waals surface area contributed by atoms with Gasteiger partial charge in [0.1, 0.15) is 5.82 Å². The Morgan fingerprint density at radius 1 is 1.00 bits per heavy atom. The molecular weight excluding hydrogens is 321 g/mol. The van der Waals surface area contributed by atoms with Gasteiger partial charge in [0.25, 0.3) is 5.56 Å². The highest BCUT2D eigenvalue weighted by Crippen LogP contribution is 2.19. The molecule has 0 fully saturated rings. The van der Waals surface area contributed by atoms with Gasteiger partial charge in [-0.2, -0.15) is 10.2 Å². The molecule has 0 spiro atoms. The number of aromatic nitrogens is 4. The average Bonchev–Trinajstić information content (AvgIpc) is 2.64. The van der Waals surface area contributed by atoms with Gasteiger partial charge in [0.2, 0.25) is 5.95 Å². The summed E-state index contributed by atoms with van der Waals surface area (Å²) in [5, 5.41) is 10.8. The molecule has 0 saturated carbocycles. The normalized spacial score (nSPS) is 10.8. The van der Waals surface area contributed by atoms with E-state index in [0.717, 1.165) is 0 Å². The smallest absolute Gasteiger partial charge is 0.267 e. The zero-order valence-corrected chi connectivity index (χ0v) is 12.9. The number of rotatable bonds is 3. The Balaban J connectivity index is 1.99. The van der Waals surface area contributed by atoms with Gasteiger partial charge in [-0.1, -0.05) is 18.2 Å². The van der Waals surface area contributed by atoms with E-state index in [1.165, 1.54) is 35.2 Å². The predicted octanol–water partition coefficient (Wildman–Crippen LogP) is 3.06. The first-order valence-corrected chi connectivity index (χ1v) is 7.54. The third-order valence-electron chi connectivity index (χ3n) is 3.69. The van der Waals surface area contributed by atoms with Crippen LogP contribution in [0.3, 0.4) is 0 Å². The summed E-state index contributed by atoms with van der Waals surface area (Å²) in [6.07, 6.45) is 3.06. The van der Waals surface area contributed by atoms with Crippen LogP contribution in [0.25, 0.3) is 16.6 Å². The monoisotopic (exact) mass is 333 g/mol. The van der Waals surface area contributed by atoms with Crippen LogP contribution in [0.4, 0.5) is 16.0 Å². The summed E-state index contributed by atoms with van der Waals surface area (Å²) in [5.74, 6) is -0.173. The quantitative estimate of drug-likeness (QED) is 0.624. The summed E-state index contributed by atoms with van der Waals surface area (Å²) in [7, 11) is 0. The third kappa shape index (κ3) is 2.83. The molecule has 7 heteroatoms. The van der Waals surface area contributed by atoms with Gasteiger partial charge in [-0.15, -0.1) is 0 Å². The maximum Gasteiger partial charge on any atom is 0.267 e. The average molecular weight is 333 g/mol. The van der Waals surface area contributed by atoms with Gasteiger partial charge < -0.3 is 5.32 Å². The van der Waals surface area contributed by atoms with E-state index in [-0.39, 0.29) is 10.9 Å². The number of benzene rings is 2. The van der Waals surface area contributed by atoms with Gasteiger partial charge >= 0.3 is 0 Å². The van der Waals surface area contributed by atoms with E-state index in [0.29, 0.717) is 22.8 Å². The molecule has 0 unspecified atom stereocenters. The van der Waals surface area contributed by atoms with Crippen molar-refractivity contribution in [3.63, 3.8) is 0 Å². The Hall–Kier alpha value is -3.61. The van der Waals surface area contributed by atoms with Crippen LogP contribution >= 0.6 is 0 Å². The molecule has 2 aromatic carbocycles. The molecule has 0 amide bonds. The number of hydrogen-bond donors (Lipinski definition) is 1. The van der Waals surface area contributed by atoms with Crippen molar-refractivity contribution in [1.29, 1.82) is 0 Å². The fraction of sp³-hybridized carbons (Fsp3) is 0. The Labute approximate surface area is 141 Å². The van der Waals surface area contributed by atoms with Crippen molar-refractivity contribution in [2.45, 2.75) is 0 Å². The second-order valence-electron chi connectivity index (χ2n) is 5.33. The number of para-hydroxylation sites is 1. The number of fused-ring (bicyclic) bond motifs is 1. The van der Waals surface area contributed by atoms with Crippen LogP contribution in [0.2, 0.25) is 0 Å². The first-order chi connectivity index (χ1) is 12.2. The standard InChI is InChI=1S/C18H12FN5O/c19-12-6-7-16-15(10-12)17(25)24(14-4-2-1-3-5-14)18(23-16)22-13-8-9-20-21-11-13/h1-11H,(H,20,22,23). The molecule has 0 atom stereocenters. The van der Waals surface area contributed by atoms with E-state index in [4.69, 9.17) is 0 Å². The molecule has 2 heterocycles. The Kier molecular flexibility index (Phi) is 3.66. The molecule has 0 aliphatic rings. The van der Waals surface area contributed by atoms with Crippen LogP contribution in [0.15, 0.2) is 71.8 Å². The fourth-order valence-corrected chi connectivity index (χ4v) is 2.55. The lowest BCUT2D eigenvalue weighted by atomic mass is 10.2. The van der Waals surface area contributed by atoms with E-state index in [9.17, 15) is 9.18 Å². The van der Waals surface area contributed by atoms with Crippen molar-refractivity contribution in [2.24, 2.45) is 0 Å². The third-order valence-corrected chi connectivity index (χ3v) is 3.69. The van der Waals surface area contributed by atoms with Gasteiger partial charge in [-0.25, -0.2) is 13.9 Å². The number of hydrogen-bond acceptors (Lipinski definition) is 5. The molecule has 0 bridgehead atoms. The summed E-state index contributed by atoms with van der Waals surface area (Å²) in [4.78, 5) is 17.5. The molecule has 25 heavy (non-hydrogen) atoms. The van der Waals surface area contributed by atoms with E-state index in [1.807, 2.05) is 18.2 Å². The van der Waals surface area contributed by atoms with Crippen LogP contribution in [0.1, 0.15) is 0 Å². The van der Waals surface area contributed by atoms with Gasteiger partial charge in [0.05, 0.1) is 34.7 Å². The van der Waals surface area contributed by atoms with Crippen molar-refractivity contribution < 1.29 is 4.39 Å². The maximum atomic E-state index is 13.6. The lowest BCUT2D eigenvalue weighted by Gasteiger charge is -2.14. The summed E-state index contributed by atoms with van der Waals surface area (Å²) < 4.78 is 15.0. The molecule has 0 radical (unpaired) electrons. The highest BCUT2D eigenvalue weighted by atomic mass is 19.1. The van der Waals surface area contributed by atoms with Crippen molar-refractivity contribution in [3.05, 3.63) is 83.2 Å². The Morgan fingerprint density at radius 3 is 2.60 bits per heavy atom. The molecule has 0 aliphatic carbocycles. The number of nitrogens with zero attached hydrogens (tertiary/aromatic N) is 4. The van der Waals surface area contributed by atoms with Gasteiger partial charge in [-0.3, -0.25) is 4.79 Å². The molecule has 4 rings (SSSR count). The van der Waals surface area contributed by atoms with Crippen LogP contribution in [-0.2, 0) is 0 Å². The number of nitrogens with one attached hydrogen (secondary N) is 1. The molecule has 4 aromatic rings. The topological polar surface area (TPSA) is 72.7 Å². The molecule has 0 aliphatic heterocycles. The lowest BCUT2D eigenvalue weighted by Crippen LogP contribution is -2.23. The number of anilines is 2. The molecule has 1 N–H and O–H groups in total. The summed E-state index contributed by atoms with van der Waals surface area (Å²) in [5.41, 5.74) is 1.30.